The molecule has 0 aliphatic carbocycles. The zero-order valence-corrected chi connectivity index (χ0v) is 10.2. The Morgan fingerprint density at radius 3 is 2.62 bits per heavy atom. The molecule has 1 aromatic rings. The van der Waals surface area contributed by atoms with E-state index < -0.39 is 11.9 Å². The summed E-state index contributed by atoms with van der Waals surface area (Å²) in [6, 6.07) is 4.83. The van der Waals surface area contributed by atoms with Crippen molar-refractivity contribution in [2.24, 2.45) is 0 Å². The van der Waals surface area contributed by atoms with Crippen LogP contribution in [0.2, 0.25) is 0 Å². The molecule has 1 aromatic carbocycles. The molecule has 0 aliphatic rings. The number of anilines is 1. The second-order valence-electron chi connectivity index (χ2n) is 3.29. The Morgan fingerprint density at radius 1 is 1.50 bits per heavy atom. The number of nitrogen functional groups attached to an aromatic ring is 1. The molecule has 1 rings (SSSR count). The minimum absolute atomic E-state index is 0.298. The maximum absolute atomic E-state index is 11.8. The molecule has 0 heterocycles. The van der Waals surface area contributed by atoms with E-state index in [4.69, 9.17) is 10.8 Å². The molecule has 0 saturated heterocycles. The number of amides is 1. The molecule has 0 bridgehead atoms. The van der Waals surface area contributed by atoms with Gasteiger partial charge >= 0.3 is 5.97 Å². The normalized spacial score (nSPS) is 9.88. The predicted octanol–water partition coefficient (Wildman–Crippen LogP) is 1.19. The fourth-order valence-electron chi connectivity index (χ4n) is 1.21. The SMILES string of the molecule is CN(CC(=O)O)C(=O)c1ccc(Br)cc1N. The number of hydrogen-bond donors (Lipinski definition) is 2. The van der Waals surface area contributed by atoms with Crippen LogP contribution in [0.15, 0.2) is 22.7 Å². The Bertz CT molecular complexity index is 434. The number of nitrogens with two attached hydrogens (primary N) is 1. The van der Waals surface area contributed by atoms with E-state index in [0.717, 1.165) is 9.37 Å². The quantitative estimate of drug-likeness (QED) is 0.818. The number of carbonyl (C=O) groups excluding carboxylic acids is 1. The molecule has 86 valence electrons. The van der Waals surface area contributed by atoms with Crippen LogP contribution < -0.4 is 5.73 Å². The van der Waals surface area contributed by atoms with Gasteiger partial charge in [0.1, 0.15) is 6.54 Å². The first-order chi connectivity index (χ1) is 7.41. The van der Waals surface area contributed by atoms with E-state index in [-0.39, 0.29) is 6.54 Å². The van der Waals surface area contributed by atoms with Gasteiger partial charge < -0.3 is 15.7 Å². The van der Waals surface area contributed by atoms with Crippen molar-refractivity contribution in [2.45, 2.75) is 0 Å². The molecule has 0 aliphatic heterocycles. The highest BCUT2D eigenvalue weighted by molar-refractivity contribution is 9.10. The lowest BCUT2D eigenvalue weighted by molar-refractivity contribution is -0.137. The second kappa shape index (κ2) is 4.98. The van der Waals surface area contributed by atoms with E-state index in [2.05, 4.69) is 15.9 Å². The Labute approximate surface area is 101 Å². The average molecular weight is 287 g/mol. The summed E-state index contributed by atoms with van der Waals surface area (Å²) in [5, 5.41) is 8.56. The molecule has 6 heteroatoms. The molecule has 0 fully saturated rings. The minimum Gasteiger partial charge on any atom is -0.480 e. The Morgan fingerprint density at radius 2 is 2.12 bits per heavy atom. The number of rotatable bonds is 3. The van der Waals surface area contributed by atoms with Gasteiger partial charge in [-0.3, -0.25) is 9.59 Å². The fourth-order valence-corrected chi connectivity index (χ4v) is 1.59. The van der Waals surface area contributed by atoms with Crippen molar-refractivity contribution in [1.29, 1.82) is 0 Å². The number of carbonyl (C=O) groups is 2. The first-order valence-corrected chi connectivity index (χ1v) is 5.23. The summed E-state index contributed by atoms with van der Waals surface area (Å²) in [6.45, 7) is -0.353. The summed E-state index contributed by atoms with van der Waals surface area (Å²) in [6.07, 6.45) is 0. The third-order valence-corrected chi connectivity index (χ3v) is 2.46. The van der Waals surface area contributed by atoms with Crippen LogP contribution in [0.25, 0.3) is 0 Å². The van der Waals surface area contributed by atoms with Gasteiger partial charge in [0.15, 0.2) is 0 Å². The Balaban J connectivity index is 2.92. The van der Waals surface area contributed by atoms with E-state index in [1.807, 2.05) is 0 Å². The van der Waals surface area contributed by atoms with Crippen molar-refractivity contribution in [3.63, 3.8) is 0 Å². The van der Waals surface area contributed by atoms with Crippen LogP contribution in [0.3, 0.4) is 0 Å². The minimum atomic E-state index is -1.06. The van der Waals surface area contributed by atoms with Gasteiger partial charge in [-0.25, -0.2) is 0 Å². The first kappa shape index (κ1) is 12.5. The van der Waals surface area contributed by atoms with Gasteiger partial charge in [-0.15, -0.1) is 0 Å². The smallest absolute Gasteiger partial charge is 0.323 e. The third-order valence-electron chi connectivity index (χ3n) is 1.96. The van der Waals surface area contributed by atoms with Crippen LogP contribution in [-0.2, 0) is 4.79 Å². The van der Waals surface area contributed by atoms with Crippen molar-refractivity contribution in [1.82, 2.24) is 4.90 Å². The molecule has 0 radical (unpaired) electrons. The third kappa shape index (κ3) is 2.96. The highest BCUT2D eigenvalue weighted by Crippen LogP contribution is 2.19. The highest BCUT2D eigenvalue weighted by Gasteiger charge is 2.16. The summed E-state index contributed by atoms with van der Waals surface area (Å²) < 4.78 is 0.766. The molecular formula is C10H11BrN2O3. The summed E-state index contributed by atoms with van der Waals surface area (Å²) in [5.74, 6) is -1.47. The van der Waals surface area contributed by atoms with Gasteiger partial charge in [0.25, 0.3) is 5.91 Å². The van der Waals surface area contributed by atoms with Crippen LogP contribution in [0, 0.1) is 0 Å². The zero-order chi connectivity index (χ0) is 12.3. The lowest BCUT2D eigenvalue weighted by Crippen LogP contribution is -2.32. The van der Waals surface area contributed by atoms with Crippen LogP contribution in [0.4, 0.5) is 5.69 Å². The number of aliphatic carboxylic acids is 1. The van der Waals surface area contributed by atoms with E-state index in [0.29, 0.717) is 11.3 Å². The number of likely N-dealkylation sites (N-methyl/N-ethyl adjacent to an activating group) is 1. The van der Waals surface area contributed by atoms with Crippen molar-refractivity contribution in [3.05, 3.63) is 28.2 Å². The fraction of sp³-hybridized carbons (Fsp3) is 0.200. The van der Waals surface area contributed by atoms with E-state index >= 15 is 0 Å². The van der Waals surface area contributed by atoms with E-state index in [1.54, 1.807) is 18.2 Å². The monoisotopic (exact) mass is 286 g/mol. The molecular weight excluding hydrogens is 276 g/mol. The number of carboxylic acid groups (broad SMARTS) is 1. The number of hydrogen-bond acceptors (Lipinski definition) is 3. The molecule has 16 heavy (non-hydrogen) atoms. The highest BCUT2D eigenvalue weighted by atomic mass is 79.9. The molecule has 0 unspecified atom stereocenters. The summed E-state index contributed by atoms with van der Waals surface area (Å²) in [5.41, 5.74) is 6.28. The second-order valence-corrected chi connectivity index (χ2v) is 4.20. The summed E-state index contributed by atoms with van der Waals surface area (Å²) in [4.78, 5) is 23.3. The lowest BCUT2D eigenvalue weighted by Gasteiger charge is -2.15. The van der Waals surface area contributed by atoms with Gasteiger partial charge in [-0.05, 0) is 18.2 Å². The van der Waals surface area contributed by atoms with Crippen molar-refractivity contribution in [3.8, 4) is 0 Å². The van der Waals surface area contributed by atoms with Crippen LogP contribution in [-0.4, -0.2) is 35.5 Å². The molecule has 3 N–H and O–H groups in total. The van der Waals surface area contributed by atoms with Crippen LogP contribution in [0.5, 0.6) is 0 Å². The van der Waals surface area contributed by atoms with Crippen molar-refractivity contribution in [2.75, 3.05) is 19.3 Å². The molecule has 0 atom stereocenters. The van der Waals surface area contributed by atoms with Crippen molar-refractivity contribution >= 4 is 33.5 Å². The van der Waals surface area contributed by atoms with Crippen LogP contribution in [0.1, 0.15) is 10.4 Å². The topological polar surface area (TPSA) is 83.6 Å². The summed E-state index contributed by atoms with van der Waals surface area (Å²) in [7, 11) is 1.41. The Kier molecular flexibility index (Phi) is 3.89. The number of carboxylic acids is 1. The van der Waals surface area contributed by atoms with Crippen molar-refractivity contribution < 1.29 is 14.7 Å². The standard InChI is InChI=1S/C10H11BrN2O3/c1-13(5-9(14)15)10(16)7-3-2-6(11)4-8(7)12/h2-4H,5,12H2,1H3,(H,14,15). The Hall–Kier alpha value is -1.56. The lowest BCUT2D eigenvalue weighted by atomic mass is 10.1. The number of benzene rings is 1. The van der Waals surface area contributed by atoms with Gasteiger partial charge in [0.2, 0.25) is 0 Å². The summed E-state index contributed by atoms with van der Waals surface area (Å²) >= 11 is 3.22. The van der Waals surface area contributed by atoms with Gasteiger partial charge in [-0.1, -0.05) is 15.9 Å². The predicted molar refractivity (Wildman–Crippen MR) is 63.2 cm³/mol. The van der Waals surface area contributed by atoms with E-state index in [9.17, 15) is 9.59 Å². The molecule has 5 nitrogen and oxygen atoms in total. The first-order valence-electron chi connectivity index (χ1n) is 4.44. The molecule has 0 saturated carbocycles. The van der Waals surface area contributed by atoms with Gasteiger partial charge in [0.05, 0.1) is 5.56 Å². The molecule has 0 aromatic heterocycles. The molecule has 0 spiro atoms. The maximum Gasteiger partial charge on any atom is 0.323 e. The average Bonchev–Trinajstić information content (AvgIpc) is 2.15. The maximum atomic E-state index is 11.8. The van der Waals surface area contributed by atoms with Crippen LogP contribution >= 0.6 is 15.9 Å². The number of halogens is 1. The van der Waals surface area contributed by atoms with Gasteiger partial charge in [0, 0.05) is 17.2 Å². The van der Waals surface area contributed by atoms with Gasteiger partial charge in [-0.2, -0.15) is 0 Å². The zero-order valence-electron chi connectivity index (χ0n) is 8.61. The number of nitrogens with zero attached hydrogens (tertiary/aromatic N) is 1. The molecule has 1 amide bonds. The largest absolute Gasteiger partial charge is 0.480 e. The van der Waals surface area contributed by atoms with E-state index in [1.165, 1.54) is 7.05 Å².